The lowest BCUT2D eigenvalue weighted by Crippen LogP contribution is -2.24. The maximum absolute atomic E-state index is 11.8. The Bertz CT molecular complexity index is 737. The van der Waals surface area contributed by atoms with Gasteiger partial charge in [0.1, 0.15) is 11.5 Å². The van der Waals surface area contributed by atoms with E-state index >= 15 is 0 Å². The molecule has 2 rings (SSSR count). The Morgan fingerprint density at radius 1 is 1.25 bits per heavy atom. The number of benzene rings is 2. The number of halogens is 1. The van der Waals surface area contributed by atoms with Crippen LogP contribution in [0, 0.1) is 13.8 Å². The molecule has 0 atom stereocenters. The second kappa shape index (κ2) is 8.36. The number of hydrazone groups is 1. The molecule has 24 heavy (non-hydrogen) atoms. The molecule has 0 saturated heterocycles. The Morgan fingerprint density at radius 3 is 2.58 bits per heavy atom. The molecule has 5 nitrogen and oxygen atoms in total. The molecule has 1 amide bonds. The minimum atomic E-state index is -0.355. The van der Waals surface area contributed by atoms with E-state index in [0.29, 0.717) is 16.5 Å². The summed E-state index contributed by atoms with van der Waals surface area (Å²) < 4.78 is 10.7. The lowest BCUT2D eigenvalue weighted by molar-refractivity contribution is -0.123. The third-order valence-corrected chi connectivity index (χ3v) is 3.91. The van der Waals surface area contributed by atoms with Gasteiger partial charge in [0.25, 0.3) is 5.91 Å². The molecule has 126 valence electrons. The fraction of sp³-hybridized carbons (Fsp3) is 0.222. The number of methoxy groups -OCH3 is 1. The highest BCUT2D eigenvalue weighted by Gasteiger charge is 2.06. The Balaban J connectivity index is 1.89. The fourth-order valence-electron chi connectivity index (χ4n) is 2.12. The third-order valence-electron chi connectivity index (χ3n) is 3.31. The summed E-state index contributed by atoms with van der Waals surface area (Å²) in [6, 6.07) is 11.0. The first-order valence-corrected chi connectivity index (χ1v) is 7.73. The van der Waals surface area contributed by atoms with Gasteiger partial charge >= 0.3 is 0 Å². The van der Waals surface area contributed by atoms with Gasteiger partial charge in [-0.2, -0.15) is 5.10 Å². The summed E-state index contributed by atoms with van der Waals surface area (Å²) in [4.78, 5) is 11.8. The van der Waals surface area contributed by atoms with Crippen molar-refractivity contribution in [2.75, 3.05) is 13.7 Å². The van der Waals surface area contributed by atoms with Crippen molar-refractivity contribution in [3.8, 4) is 11.5 Å². The normalized spacial score (nSPS) is 10.7. The van der Waals surface area contributed by atoms with Gasteiger partial charge in [0.05, 0.1) is 13.3 Å². The van der Waals surface area contributed by atoms with Crippen LogP contribution in [0.2, 0.25) is 5.02 Å². The molecule has 0 heterocycles. The standard InChI is InChI=1S/C18H19ClN2O3/c1-12-8-15(9-13(2)18(12)19)24-11-17(22)21-20-10-14-6-4-5-7-16(14)23-3/h4-10H,11H2,1-3H3,(H,21,22)/b20-10+. The smallest absolute Gasteiger partial charge is 0.277 e. The van der Waals surface area contributed by atoms with Crippen molar-refractivity contribution in [1.29, 1.82) is 0 Å². The van der Waals surface area contributed by atoms with Crippen LogP contribution in [0.4, 0.5) is 0 Å². The van der Waals surface area contributed by atoms with Crippen LogP contribution in [-0.2, 0) is 4.79 Å². The number of hydrogen-bond acceptors (Lipinski definition) is 4. The lowest BCUT2D eigenvalue weighted by atomic mass is 10.1. The molecule has 6 heteroatoms. The van der Waals surface area contributed by atoms with Crippen molar-refractivity contribution in [1.82, 2.24) is 5.43 Å². The number of aryl methyl sites for hydroxylation is 2. The molecule has 0 saturated carbocycles. The highest BCUT2D eigenvalue weighted by molar-refractivity contribution is 6.32. The van der Waals surface area contributed by atoms with E-state index in [1.165, 1.54) is 6.21 Å². The Hall–Kier alpha value is -2.53. The van der Waals surface area contributed by atoms with E-state index in [0.717, 1.165) is 16.7 Å². The average molecular weight is 347 g/mol. The Labute approximate surface area is 146 Å². The molecule has 0 fully saturated rings. The summed E-state index contributed by atoms with van der Waals surface area (Å²) in [5, 5.41) is 4.61. The molecular formula is C18H19ClN2O3. The van der Waals surface area contributed by atoms with E-state index in [1.807, 2.05) is 38.1 Å². The molecule has 0 spiro atoms. The number of amides is 1. The molecule has 0 radical (unpaired) electrons. The Kier molecular flexibility index (Phi) is 6.21. The zero-order valence-electron chi connectivity index (χ0n) is 13.8. The van der Waals surface area contributed by atoms with Crippen molar-refractivity contribution in [2.24, 2.45) is 5.10 Å². The van der Waals surface area contributed by atoms with Crippen LogP contribution in [0.1, 0.15) is 16.7 Å². The average Bonchev–Trinajstić information content (AvgIpc) is 2.58. The van der Waals surface area contributed by atoms with Gasteiger partial charge in [-0.15, -0.1) is 0 Å². The van der Waals surface area contributed by atoms with Gasteiger partial charge in [-0.25, -0.2) is 5.43 Å². The number of hydrogen-bond donors (Lipinski definition) is 1. The van der Waals surface area contributed by atoms with E-state index in [1.54, 1.807) is 19.2 Å². The van der Waals surface area contributed by atoms with E-state index < -0.39 is 0 Å². The van der Waals surface area contributed by atoms with Gasteiger partial charge < -0.3 is 9.47 Å². The van der Waals surface area contributed by atoms with Crippen LogP contribution in [0.3, 0.4) is 0 Å². The molecule has 0 unspecified atom stereocenters. The predicted octanol–water partition coefficient (Wildman–Crippen LogP) is 3.49. The van der Waals surface area contributed by atoms with Gasteiger partial charge in [0.2, 0.25) is 0 Å². The topological polar surface area (TPSA) is 59.9 Å². The molecule has 2 aromatic carbocycles. The van der Waals surface area contributed by atoms with Crippen molar-refractivity contribution in [3.63, 3.8) is 0 Å². The third kappa shape index (κ3) is 4.73. The SMILES string of the molecule is COc1ccccc1/C=N/NC(=O)COc1cc(C)c(Cl)c(C)c1. The van der Waals surface area contributed by atoms with E-state index in [9.17, 15) is 4.79 Å². The van der Waals surface area contributed by atoms with Gasteiger partial charge in [-0.3, -0.25) is 4.79 Å². The highest BCUT2D eigenvalue weighted by Crippen LogP contribution is 2.25. The predicted molar refractivity (Wildman–Crippen MR) is 95.2 cm³/mol. The van der Waals surface area contributed by atoms with E-state index in [-0.39, 0.29) is 12.5 Å². The van der Waals surface area contributed by atoms with Crippen molar-refractivity contribution >= 4 is 23.7 Å². The molecular weight excluding hydrogens is 328 g/mol. The second-order valence-corrected chi connectivity index (χ2v) is 5.57. The van der Waals surface area contributed by atoms with Gasteiger partial charge in [-0.1, -0.05) is 23.7 Å². The second-order valence-electron chi connectivity index (χ2n) is 5.19. The zero-order valence-corrected chi connectivity index (χ0v) is 14.6. The first-order chi connectivity index (χ1) is 11.5. The zero-order chi connectivity index (χ0) is 17.5. The maximum atomic E-state index is 11.8. The maximum Gasteiger partial charge on any atom is 0.277 e. The fourth-order valence-corrected chi connectivity index (χ4v) is 2.23. The van der Waals surface area contributed by atoms with Crippen molar-refractivity contribution < 1.29 is 14.3 Å². The number of carbonyl (C=O) groups excluding carboxylic acids is 1. The number of ether oxygens (including phenoxy) is 2. The summed E-state index contributed by atoms with van der Waals surface area (Å²) >= 11 is 6.10. The van der Waals surface area contributed by atoms with Crippen LogP contribution in [0.25, 0.3) is 0 Å². The number of nitrogens with zero attached hydrogens (tertiary/aromatic N) is 1. The van der Waals surface area contributed by atoms with Crippen molar-refractivity contribution in [3.05, 3.63) is 58.1 Å². The summed E-state index contributed by atoms with van der Waals surface area (Å²) in [7, 11) is 1.58. The molecule has 2 aromatic rings. The lowest BCUT2D eigenvalue weighted by Gasteiger charge is -2.09. The molecule has 0 aliphatic heterocycles. The van der Waals surface area contributed by atoms with Crippen molar-refractivity contribution in [2.45, 2.75) is 13.8 Å². The van der Waals surface area contributed by atoms with Crippen LogP contribution in [0.15, 0.2) is 41.5 Å². The van der Waals surface area contributed by atoms with E-state index in [2.05, 4.69) is 10.5 Å². The monoisotopic (exact) mass is 346 g/mol. The molecule has 0 aliphatic carbocycles. The van der Waals surface area contributed by atoms with Crippen LogP contribution < -0.4 is 14.9 Å². The van der Waals surface area contributed by atoms with Gasteiger partial charge in [-0.05, 0) is 49.2 Å². The summed E-state index contributed by atoms with van der Waals surface area (Å²) in [5.74, 6) is 0.920. The Morgan fingerprint density at radius 2 is 1.92 bits per heavy atom. The summed E-state index contributed by atoms with van der Waals surface area (Å²) in [6.07, 6.45) is 1.52. The molecule has 0 aliphatic rings. The minimum absolute atomic E-state index is 0.135. The largest absolute Gasteiger partial charge is 0.496 e. The number of nitrogens with one attached hydrogen (secondary N) is 1. The minimum Gasteiger partial charge on any atom is -0.496 e. The number of rotatable bonds is 6. The van der Waals surface area contributed by atoms with Crippen LogP contribution in [-0.4, -0.2) is 25.8 Å². The van der Waals surface area contributed by atoms with E-state index in [4.69, 9.17) is 21.1 Å². The molecule has 0 aromatic heterocycles. The highest BCUT2D eigenvalue weighted by atomic mass is 35.5. The number of para-hydroxylation sites is 1. The summed E-state index contributed by atoms with van der Waals surface area (Å²) in [6.45, 7) is 3.64. The van der Waals surface area contributed by atoms with Crippen LogP contribution in [0.5, 0.6) is 11.5 Å². The number of carbonyl (C=O) groups is 1. The van der Waals surface area contributed by atoms with Crippen LogP contribution >= 0.6 is 11.6 Å². The van der Waals surface area contributed by atoms with Gasteiger partial charge in [0, 0.05) is 10.6 Å². The molecule has 1 N–H and O–H groups in total. The van der Waals surface area contributed by atoms with Gasteiger partial charge in [0.15, 0.2) is 6.61 Å². The molecule has 0 bridgehead atoms. The quantitative estimate of drug-likeness (QED) is 0.643. The first-order valence-electron chi connectivity index (χ1n) is 7.35. The summed E-state index contributed by atoms with van der Waals surface area (Å²) in [5.41, 5.74) is 4.99. The first kappa shape index (κ1) is 17.8.